The van der Waals surface area contributed by atoms with Gasteiger partial charge in [-0.1, -0.05) is 6.07 Å². The fourth-order valence-electron chi connectivity index (χ4n) is 3.39. The van der Waals surface area contributed by atoms with Crippen LogP contribution in [0.5, 0.6) is 0 Å². The van der Waals surface area contributed by atoms with E-state index in [1.165, 1.54) is 0 Å². The molecule has 1 N–H and O–H groups in total. The predicted molar refractivity (Wildman–Crippen MR) is 103 cm³/mol. The third-order valence-electron chi connectivity index (χ3n) is 4.90. The Hall–Kier alpha value is -2.47. The molecule has 26 heavy (non-hydrogen) atoms. The molecule has 3 heterocycles. The molecule has 0 aliphatic carbocycles. The van der Waals surface area contributed by atoms with Gasteiger partial charge in [-0.25, -0.2) is 9.78 Å². The molecule has 3 rings (SSSR count). The normalized spacial score (nSPS) is 17.8. The molecule has 0 saturated carbocycles. The first kappa shape index (κ1) is 18.3. The highest BCUT2D eigenvalue weighted by molar-refractivity contribution is 5.88. The number of hydrogen-bond acceptors (Lipinski definition) is 4. The van der Waals surface area contributed by atoms with Gasteiger partial charge in [-0.2, -0.15) is 0 Å². The number of likely N-dealkylation sites (tertiary alicyclic amines) is 1. The summed E-state index contributed by atoms with van der Waals surface area (Å²) in [5.41, 5.74) is 2.17. The molecular weight excluding hydrogens is 326 g/mol. The largest absolute Gasteiger partial charge is 0.324 e. The minimum absolute atomic E-state index is 0.0591. The summed E-state index contributed by atoms with van der Waals surface area (Å²) >= 11 is 0. The van der Waals surface area contributed by atoms with E-state index in [1.54, 1.807) is 6.20 Å². The molecule has 1 aliphatic rings. The third-order valence-corrected chi connectivity index (χ3v) is 4.90. The van der Waals surface area contributed by atoms with Crippen LogP contribution in [0.15, 0.2) is 42.7 Å². The maximum atomic E-state index is 12.6. The van der Waals surface area contributed by atoms with Crippen LogP contribution in [0.4, 0.5) is 10.6 Å². The van der Waals surface area contributed by atoms with Crippen LogP contribution in [0, 0.1) is 6.92 Å². The molecule has 6 nitrogen and oxygen atoms in total. The molecule has 0 aromatic carbocycles. The molecule has 2 aromatic rings. The van der Waals surface area contributed by atoms with Gasteiger partial charge in [-0.15, -0.1) is 0 Å². The first-order chi connectivity index (χ1) is 12.6. The fourth-order valence-corrected chi connectivity index (χ4v) is 3.39. The van der Waals surface area contributed by atoms with Gasteiger partial charge in [0, 0.05) is 38.1 Å². The average Bonchev–Trinajstić information content (AvgIpc) is 2.89. The zero-order chi connectivity index (χ0) is 18.4. The minimum atomic E-state index is -0.0591. The molecule has 0 bridgehead atoms. The molecule has 0 unspecified atom stereocenters. The fraction of sp³-hybridized carbons (Fsp3) is 0.450. The molecule has 0 spiro atoms. The van der Waals surface area contributed by atoms with Crippen molar-refractivity contribution in [1.82, 2.24) is 19.8 Å². The molecule has 138 valence electrons. The number of aryl methyl sites for hydroxylation is 1. The van der Waals surface area contributed by atoms with Crippen molar-refractivity contribution < 1.29 is 4.79 Å². The van der Waals surface area contributed by atoms with E-state index in [0.29, 0.717) is 11.9 Å². The standard InChI is InChI=1S/C20H27N5O/c1-16-8-11-22-19(14-16)23-20(26)25-12-5-7-18(9-13-25)24(2)15-17-6-3-4-10-21-17/h3-4,6,8,10-11,14,18H,5,7,9,12-13,15H2,1-2H3,(H,22,23,26)/t18-/m0/s1. The van der Waals surface area contributed by atoms with Gasteiger partial charge in [0.2, 0.25) is 0 Å². The Morgan fingerprint density at radius 2 is 2.12 bits per heavy atom. The smallest absolute Gasteiger partial charge is 0.323 e. The number of nitrogens with zero attached hydrogens (tertiary/aromatic N) is 4. The summed E-state index contributed by atoms with van der Waals surface area (Å²) in [6, 6.07) is 10.2. The third kappa shape index (κ3) is 5.02. The second kappa shape index (κ2) is 8.76. The predicted octanol–water partition coefficient (Wildman–Crippen LogP) is 3.30. The average molecular weight is 353 g/mol. The lowest BCUT2D eigenvalue weighted by atomic mass is 10.1. The van der Waals surface area contributed by atoms with Crippen LogP contribution in [0.25, 0.3) is 0 Å². The summed E-state index contributed by atoms with van der Waals surface area (Å²) in [4.78, 5) is 25.4. The number of anilines is 1. The van der Waals surface area contributed by atoms with Gasteiger partial charge in [-0.05, 0) is 63.1 Å². The molecule has 1 atom stereocenters. The van der Waals surface area contributed by atoms with E-state index in [2.05, 4.69) is 33.3 Å². The van der Waals surface area contributed by atoms with Crippen molar-refractivity contribution in [2.45, 2.75) is 38.8 Å². The van der Waals surface area contributed by atoms with Gasteiger partial charge in [0.05, 0.1) is 5.69 Å². The topological polar surface area (TPSA) is 61.4 Å². The van der Waals surface area contributed by atoms with Gasteiger partial charge in [0.15, 0.2) is 0 Å². The van der Waals surface area contributed by atoms with Crippen LogP contribution in [0.3, 0.4) is 0 Å². The van der Waals surface area contributed by atoms with Crippen molar-refractivity contribution >= 4 is 11.8 Å². The van der Waals surface area contributed by atoms with Crippen molar-refractivity contribution in [3.05, 3.63) is 54.0 Å². The Morgan fingerprint density at radius 1 is 1.23 bits per heavy atom. The van der Waals surface area contributed by atoms with Crippen LogP contribution in [-0.2, 0) is 6.54 Å². The van der Waals surface area contributed by atoms with Crippen molar-refractivity contribution in [1.29, 1.82) is 0 Å². The lowest BCUT2D eigenvalue weighted by molar-refractivity contribution is 0.200. The number of carbonyl (C=O) groups is 1. The maximum Gasteiger partial charge on any atom is 0.323 e. The lowest BCUT2D eigenvalue weighted by Crippen LogP contribution is -2.37. The van der Waals surface area contributed by atoms with Crippen LogP contribution < -0.4 is 5.32 Å². The van der Waals surface area contributed by atoms with Crippen LogP contribution in [-0.4, -0.2) is 52.0 Å². The van der Waals surface area contributed by atoms with Crippen LogP contribution in [0.2, 0.25) is 0 Å². The number of pyridine rings is 2. The minimum Gasteiger partial charge on any atom is -0.324 e. The Labute approximate surface area is 155 Å². The summed E-state index contributed by atoms with van der Waals surface area (Å²) in [6.45, 7) is 4.37. The molecule has 2 aromatic heterocycles. The lowest BCUT2D eigenvalue weighted by Gasteiger charge is -2.27. The molecule has 2 amide bonds. The van der Waals surface area contributed by atoms with Crippen LogP contribution >= 0.6 is 0 Å². The van der Waals surface area contributed by atoms with E-state index in [-0.39, 0.29) is 6.03 Å². The number of urea groups is 1. The van der Waals surface area contributed by atoms with E-state index in [4.69, 9.17) is 0 Å². The van der Waals surface area contributed by atoms with Gasteiger partial charge < -0.3 is 4.90 Å². The van der Waals surface area contributed by atoms with E-state index in [9.17, 15) is 4.79 Å². The van der Waals surface area contributed by atoms with E-state index in [0.717, 1.165) is 50.2 Å². The molecule has 6 heteroatoms. The highest BCUT2D eigenvalue weighted by Crippen LogP contribution is 2.18. The van der Waals surface area contributed by atoms with Crippen molar-refractivity contribution in [3.63, 3.8) is 0 Å². The van der Waals surface area contributed by atoms with Gasteiger partial charge in [-0.3, -0.25) is 15.2 Å². The molecule has 0 radical (unpaired) electrons. The van der Waals surface area contributed by atoms with Crippen molar-refractivity contribution in [2.24, 2.45) is 0 Å². The summed E-state index contributed by atoms with van der Waals surface area (Å²) < 4.78 is 0. The summed E-state index contributed by atoms with van der Waals surface area (Å²) in [6.07, 6.45) is 6.62. The Bertz CT molecular complexity index is 721. The second-order valence-electron chi connectivity index (χ2n) is 6.96. The van der Waals surface area contributed by atoms with E-state index >= 15 is 0 Å². The number of rotatable bonds is 4. The highest BCUT2D eigenvalue weighted by atomic mass is 16.2. The molecular formula is C20H27N5O. The number of amides is 2. The molecule has 1 fully saturated rings. The van der Waals surface area contributed by atoms with E-state index < -0.39 is 0 Å². The molecule has 1 saturated heterocycles. The summed E-state index contributed by atoms with van der Waals surface area (Å²) in [5, 5.41) is 2.92. The highest BCUT2D eigenvalue weighted by Gasteiger charge is 2.23. The second-order valence-corrected chi connectivity index (χ2v) is 6.96. The molecule has 1 aliphatic heterocycles. The monoisotopic (exact) mass is 353 g/mol. The maximum absolute atomic E-state index is 12.6. The Morgan fingerprint density at radius 3 is 2.88 bits per heavy atom. The first-order valence-electron chi connectivity index (χ1n) is 9.20. The van der Waals surface area contributed by atoms with Gasteiger partial charge in [0.25, 0.3) is 0 Å². The summed E-state index contributed by atoms with van der Waals surface area (Å²) in [7, 11) is 2.14. The zero-order valence-electron chi connectivity index (χ0n) is 15.6. The van der Waals surface area contributed by atoms with Gasteiger partial charge >= 0.3 is 6.03 Å². The number of nitrogens with one attached hydrogen (secondary N) is 1. The Kier molecular flexibility index (Phi) is 6.17. The number of hydrogen-bond donors (Lipinski definition) is 1. The van der Waals surface area contributed by atoms with Crippen molar-refractivity contribution in [3.8, 4) is 0 Å². The zero-order valence-corrected chi connectivity index (χ0v) is 15.6. The van der Waals surface area contributed by atoms with Crippen LogP contribution in [0.1, 0.15) is 30.5 Å². The number of aromatic nitrogens is 2. The number of carbonyl (C=O) groups excluding carboxylic acids is 1. The SMILES string of the molecule is Cc1ccnc(NC(=O)N2CCC[C@H](N(C)Cc3ccccn3)CC2)c1. The van der Waals surface area contributed by atoms with Gasteiger partial charge in [0.1, 0.15) is 5.82 Å². The quantitative estimate of drug-likeness (QED) is 0.916. The summed E-state index contributed by atoms with van der Waals surface area (Å²) in [5.74, 6) is 0.614. The Balaban J connectivity index is 1.53. The van der Waals surface area contributed by atoms with E-state index in [1.807, 2.05) is 42.3 Å². The first-order valence-corrected chi connectivity index (χ1v) is 9.20. The van der Waals surface area contributed by atoms with Crippen molar-refractivity contribution in [2.75, 3.05) is 25.5 Å².